The van der Waals surface area contributed by atoms with Gasteiger partial charge in [-0.25, -0.2) is 0 Å². The second-order valence-corrected chi connectivity index (χ2v) is 14.4. The van der Waals surface area contributed by atoms with Crippen molar-refractivity contribution in [2.45, 2.75) is 212 Å². The molecule has 0 saturated heterocycles. The highest BCUT2D eigenvalue weighted by molar-refractivity contribution is 5.77. The summed E-state index contributed by atoms with van der Waals surface area (Å²) in [5.74, 6) is -0.532. The van der Waals surface area contributed by atoms with Crippen LogP contribution in [0.3, 0.4) is 0 Å². The smallest absolute Gasteiger partial charge is 0.306 e. The Morgan fingerprint density at radius 3 is 1.71 bits per heavy atom. The average Bonchev–Trinajstić information content (AvgIpc) is 3.13. The topological polar surface area (TPSA) is 95.9 Å². The molecule has 0 aliphatic carbocycles. The predicted octanol–water partition coefficient (Wildman–Crippen LogP) is 12.1. The van der Waals surface area contributed by atoms with Gasteiger partial charge in [-0.05, 0) is 64.2 Å². The Bertz CT molecular complexity index is 952. The molecule has 0 aromatic carbocycles. The third-order valence-corrected chi connectivity index (χ3v) is 9.43. The van der Waals surface area contributed by atoms with Crippen LogP contribution in [0.25, 0.3) is 0 Å². The number of carbonyl (C=O) groups excluding carboxylic acids is 2. The summed E-state index contributed by atoms with van der Waals surface area (Å²) < 4.78 is 5.86. The van der Waals surface area contributed by atoms with Crippen LogP contribution < -0.4 is 5.32 Å². The molecule has 0 radical (unpaired) electrons. The van der Waals surface area contributed by atoms with Gasteiger partial charge in [-0.15, -0.1) is 0 Å². The van der Waals surface area contributed by atoms with Gasteiger partial charge in [-0.1, -0.05) is 178 Å². The van der Waals surface area contributed by atoms with Crippen LogP contribution in [-0.4, -0.2) is 46.9 Å². The zero-order valence-electron chi connectivity index (χ0n) is 33.9. The summed E-state index contributed by atoms with van der Waals surface area (Å²) in [4.78, 5) is 25.9. The Balaban J connectivity index is 4.72. The van der Waals surface area contributed by atoms with E-state index in [9.17, 15) is 19.8 Å². The van der Waals surface area contributed by atoms with Crippen LogP contribution in [0.1, 0.15) is 194 Å². The summed E-state index contributed by atoms with van der Waals surface area (Å²) in [5.41, 5.74) is 0. The summed E-state index contributed by atoms with van der Waals surface area (Å²) >= 11 is 0. The molecule has 0 rings (SSSR count). The molecule has 0 bridgehead atoms. The van der Waals surface area contributed by atoms with E-state index in [1.165, 1.54) is 70.6 Å². The molecule has 0 fully saturated rings. The van der Waals surface area contributed by atoms with Crippen LogP contribution in [0, 0.1) is 0 Å². The van der Waals surface area contributed by atoms with Gasteiger partial charge >= 0.3 is 5.97 Å². The Kier molecular flexibility index (Phi) is 37.9. The summed E-state index contributed by atoms with van der Waals surface area (Å²) in [6.45, 7) is 6.24. The molecule has 0 saturated carbocycles. The molecular formula is C46H81NO5. The van der Waals surface area contributed by atoms with Gasteiger partial charge in [0.05, 0.1) is 25.2 Å². The number of ether oxygens (including phenoxy) is 1. The Morgan fingerprint density at radius 1 is 0.577 bits per heavy atom. The second kappa shape index (κ2) is 39.8. The van der Waals surface area contributed by atoms with Gasteiger partial charge in [0.25, 0.3) is 0 Å². The molecule has 300 valence electrons. The van der Waals surface area contributed by atoms with E-state index in [4.69, 9.17) is 4.74 Å². The maximum Gasteiger partial charge on any atom is 0.306 e. The van der Waals surface area contributed by atoms with Gasteiger partial charge < -0.3 is 20.3 Å². The minimum absolute atomic E-state index is 0.0461. The van der Waals surface area contributed by atoms with Crippen LogP contribution in [0.2, 0.25) is 0 Å². The van der Waals surface area contributed by atoms with Crippen LogP contribution in [-0.2, 0) is 14.3 Å². The molecule has 1 amide bonds. The molecule has 0 aromatic rings. The first-order valence-electron chi connectivity index (χ1n) is 21.6. The number of nitrogens with one attached hydrogen (secondary N) is 1. The van der Waals surface area contributed by atoms with Gasteiger partial charge in [-0.2, -0.15) is 0 Å². The number of allylic oxidation sites excluding steroid dienone is 10. The lowest BCUT2D eigenvalue weighted by Crippen LogP contribution is -2.46. The van der Waals surface area contributed by atoms with Crippen molar-refractivity contribution in [2.75, 3.05) is 6.61 Å². The SMILES string of the molecule is CC/C=C/C=C/C=C/C=C\CCCCCC(CC(=O)NC(CO)C(O)CCCCCCCCCCC)OC(=O)CCCCCCC/C=C\CCCC. The van der Waals surface area contributed by atoms with Gasteiger partial charge in [0.2, 0.25) is 5.91 Å². The molecule has 6 nitrogen and oxygen atoms in total. The van der Waals surface area contributed by atoms with Gasteiger partial charge in [0.15, 0.2) is 0 Å². The third kappa shape index (κ3) is 34.6. The fraction of sp³-hybridized carbons (Fsp3) is 0.739. The Hall–Kier alpha value is -2.44. The van der Waals surface area contributed by atoms with Gasteiger partial charge in [0.1, 0.15) is 6.10 Å². The van der Waals surface area contributed by atoms with E-state index < -0.39 is 18.2 Å². The highest BCUT2D eigenvalue weighted by Crippen LogP contribution is 2.16. The molecule has 3 atom stereocenters. The van der Waals surface area contributed by atoms with Crippen LogP contribution in [0.15, 0.2) is 60.8 Å². The highest BCUT2D eigenvalue weighted by Gasteiger charge is 2.24. The standard InChI is InChI=1S/C46H81NO5/c1-4-7-10-13-16-19-21-22-24-26-28-31-34-37-42(52-46(51)39-36-33-30-27-23-20-17-14-11-8-5-2)40-45(50)47-43(41-48)44(49)38-35-32-29-25-18-15-12-9-6-3/h7,10,13-14,16-17,19,21-22,24,42-44,48-49H,4-6,8-9,11-12,15,18,20,23,25-41H2,1-3H3,(H,47,50)/b10-7+,16-13+,17-14-,21-19+,24-22-. The molecule has 0 heterocycles. The predicted molar refractivity (Wildman–Crippen MR) is 222 cm³/mol. The van der Waals surface area contributed by atoms with E-state index >= 15 is 0 Å². The van der Waals surface area contributed by atoms with Crippen molar-refractivity contribution in [3.63, 3.8) is 0 Å². The Morgan fingerprint density at radius 2 is 1.08 bits per heavy atom. The monoisotopic (exact) mass is 728 g/mol. The highest BCUT2D eigenvalue weighted by atomic mass is 16.5. The van der Waals surface area contributed by atoms with Crippen molar-refractivity contribution < 1.29 is 24.5 Å². The largest absolute Gasteiger partial charge is 0.462 e. The number of carbonyl (C=O) groups is 2. The lowest BCUT2D eigenvalue weighted by atomic mass is 10.0. The maximum absolute atomic E-state index is 13.1. The van der Waals surface area contributed by atoms with Crippen LogP contribution in [0.5, 0.6) is 0 Å². The van der Waals surface area contributed by atoms with Gasteiger partial charge in [-0.3, -0.25) is 9.59 Å². The lowest BCUT2D eigenvalue weighted by Gasteiger charge is -2.24. The number of hydrogen-bond acceptors (Lipinski definition) is 5. The fourth-order valence-corrected chi connectivity index (χ4v) is 6.13. The molecule has 6 heteroatoms. The molecule has 0 aliphatic rings. The molecule has 3 N–H and O–H groups in total. The number of aliphatic hydroxyl groups excluding tert-OH is 2. The first-order valence-corrected chi connectivity index (χ1v) is 21.6. The first-order chi connectivity index (χ1) is 25.5. The van der Waals surface area contributed by atoms with Crippen LogP contribution in [0.4, 0.5) is 0 Å². The quantitative estimate of drug-likeness (QED) is 0.0256. The summed E-state index contributed by atoms with van der Waals surface area (Å²) in [7, 11) is 0. The number of hydrogen-bond donors (Lipinski definition) is 3. The van der Waals surface area contributed by atoms with Crippen LogP contribution >= 0.6 is 0 Å². The number of rotatable bonds is 37. The van der Waals surface area contributed by atoms with E-state index in [1.807, 2.05) is 30.4 Å². The van der Waals surface area contributed by atoms with Crippen molar-refractivity contribution in [3.8, 4) is 0 Å². The van der Waals surface area contributed by atoms with Crippen molar-refractivity contribution >= 4 is 11.9 Å². The number of esters is 1. The van der Waals surface area contributed by atoms with Crippen molar-refractivity contribution in [3.05, 3.63) is 60.8 Å². The number of amides is 1. The van der Waals surface area contributed by atoms with Crippen molar-refractivity contribution in [1.29, 1.82) is 0 Å². The number of unbranched alkanes of at least 4 members (excludes halogenated alkanes) is 18. The Labute approximate surface area is 320 Å². The zero-order valence-corrected chi connectivity index (χ0v) is 33.9. The summed E-state index contributed by atoms with van der Waals surface area (Å²) in [5, 5.41) is 23.5. The van der Waals surface area contributed by atoms with E-state index in [0.717, 1.165) is 77.0 Å². The molecule has 52 heavy (non-hydrogen) atoms. The normalized spacial score (nSPS) is 14.0. The summed E-state index contributed by atoms with van der Waals surface area (Å²) in [6, 6.07) is -0.714. The first kappa shape index (κ1) is 49.6. The zero-order chi connectivity index (χ0) is 38.2. The minimum atomic E-state index is -0.798. The maximum atomic E-state index is 13.1. The molecule has 0 spiro atoms. The molecular weight excluding hydrogens is 647 g/mol. The van der Waals surface area contributed by atoms with Crippen molar-refractivity contribution in [2.24, 2.45) is 0 Å². The second-order valence-electron chi connectivity index (χ2n) is 14.4. The van der Waals surface area contributed by atoms with E-state index in [-0.39, 0.29) is 24.9 Å². The third-order valence-electron chi connectivity index (χ3n) is 9.43. The molecule has 0 aromatic heterocycles. The van der Waals surface area contributed by atoms with E-state index in [2.05, 4.69) is 56.5 Å². The lowest BCUT2D eigenvalue weighted by molar-refractivity contribution is -0.151. The minimum Gasteiger partial charge on any atom is -0.462 e. The molecule has 0 aliphatic heterocycles. The number of aliphatic hydroxyl groups is 2. The fourth-order valence-electron chi connectivity index (χ4n) is 6.13. The van der Waals surface area contributed by atoms with Gasteiger partial charge in [0, 0.05) is 6.42 Å². The summed E-state index contributed by atoms with van der Waals surface area (Å²) in [6.07, 6.45) is 47.1. The average molecular weight is 728 g/mol. The van der Waals surface area contributed by atoms with Crippen molar-refractivity contribution in [1.82, 2.24) is 5.32 Å². The van der Waals surface area contributed by atoms with E-state index in [1.54, 1.807) is 0 Å². The van der Waals surface area contributed by atoms with E-state index in [0.29, 0.717) is 19.3 Å². The molecule has 3 unspecified atom stereocenters.